The number of ether oxygens (including phenoxy) is 2. The Kier molecular flexibility index (Phi) is 8.41. The van der Waals surface area contributed by atoms with Crippen molar-refractivity contribution in [2.75, 3.05) is 11.5 Å². The zero-order valence-electron chi connectivity index (χ0n) is 23.3. The minimum Gasteiger partial charge on any atom is -0.490 e. The van der Waals surface area contributed by atoms with E-state index in [-0.39, 0.29) is 5.57 Å². The van der Waals surface area contributed by atoms with Crippen LogP contribution in [0, 0.1) is 6.92 Å². The number of amides is 4. The topological polar surface area (TPSA) is 84.9 Å². The zero-order valence-corrected chi connectivity index (χ0v) is 24.0. The van der Waals surface area contributed by atoms with Gasteiger partial charge in [-0.1, -0.05) is 66.2 Å². The molecule has 0 unspecified atom stereocenters. The van der Waals surface area contributed by atoms with Gasteiger partial charge in [-0.15, -0.1) is 6.58 Å². The van der Waals surface area contributed by atoms with Crippen molar-refractivity contribution in [2.24, 2.45) is 0 Å². The molecule has 8 heteroatoms. The van der Waals surface area contributed by atoms with Crippen molar-refractivity contribution in [1.82, 2.24) is 5.32 Å². The van der Waals surface area contributed by atoms with Gasteiger partial charge in [0.25, 0.3) is 11.8 Å². The molecule has 4 amide bonds. The first-order chi connectivity index (χ1) is 20.3. The molecule has 1 aliphatic heterocycles. The third kappa shape index (κ3) is 5.78. The maximum atomic E-state index is 13.5. The van der Waals surface area contributed by atoms with E-state index in [4.69, 9.17) is 21.1 Å². The minimum atomic E-state index is -0.841. The molecule has 4 aromatic carbocycles. The molecule has 4 aromatic rings. The number of carbonyl (C=O) groups is 3. The lowest BCUT2D eigenvalue weighted by Gasteiger charge is -2.27. The van der Waals surface area contributed by atoms with Gasteiger partial charge in [0.2, 0.25) is 0 Å². The summed E-state index contributed by atoms with van der Waals surface area (Å²) in [6.45, 7) is 8.17. The highest BCUT2D eigenvalue weighted by molar-refractivity contribution is 6.39. The number of imide groups is 2. The van der Waals surface area contributed by atoms with Gasteiger partial charge >= 0.3 is 6.03 Å². The highest BCUT2D eigenvalue weighted by Crippen LogP contribution is 2.36. The number of hydrogen-bond acceptors (Lipinski definition) is 5. The van der Waals surface area contributed by atoms with Gasteiger partial charge in [-0.25, -0.2) is 9.69 Å². The fraction of sp³-hybridized carbons (Fsp3) is 0.147. The lowest BCUT2D eigenvalue weighted by atomic mass is 10.0. The van der Waals surface area contributed by atoms with Crippen molar-refractivity contribution in [3.8, 4) is 11.5 Å². The smallest absolute Gasteiger partial charge is 0.335 e. The average molecular weight is 581 g/mol. The number of carbonyl (C=O) groups excluding carboxylic acids is 3. The van der Waals surface area contributed by atoms with E-state index in [1.807, 2.05) is 37.3 Å². The molecule has 0 aromatic heterocycles. The van der Waals surface area contributed by atoms with Gasteiger partial charge in [0.15, 0.2) is 11.5 Å². The SMILES string of the molecule is C=CCc1cc(/C=C2\C(=O)NC(=O)N(c3cc(Cl)ccc3C)C2=O)cc(OCC)c1OCc1cccc2ccccc12. The molecule has 0 aliphatic carbocycles. The molecule has 42 heavy (non-hydrogen) atoms. The van der Waals surface area contributed by atoms with Gasteiger partial charge in [0.05, 0.1) is 12.3 Å². The van der Waals surface area contributed by atoms with Crippen molar-refractivity contribution in [2.45, 2.75) is 26.9 Å². The molecular weight excluding hydrogens is 552 g/mol. The number of anilines is 1. The predicted octanol–water partition coefficient (Wildman–Crippen LogP) is 7.17. The molecule has 1 N–H and O–H groups in total. The number of allylic oxidation sites excluding steroid dienone is 1. The van der Waals surface area contributed by atoms with Crippen molar-refractivity contribution >= 4 is 52.0 Å². The molecule has 0 bridgehead atoms. The van der Waals surface area contributed by atoms with Gasteiger partial charge in [0, 0.05) is 10.6 Å². The number of urea groups is 1. The number of rotatable bonds is 9. The van der Waals surface area contributed by atoms with Crippen molar-refractivity contribution in [3.05, 3.63) is 118 Å². The first-order valence-corrected chi connectivity index (χ1v) is 13.9. The normalized spacial score (nSPS) is 14.3. The van der Waals surface area contributed by atoms with E-state index in [2.05, 4.69) is 30.1 Å². The monoisotopic (exact) mass is 580 g/mol. The Labute approximate surface area is 249 Å². The molecule has 1 heterocycles. The number of hydrogen-bond donors (Lipinski definition) is 1. The maximum Gasteiger partial charge on any atom is 0.335 e. The average Bonchev–Trinajstić information content (AvgIpc) is 2.97. The number of halogens is 1. The third-order valence-corrected chi connectivity index (χ3v) is 7.13. The molecule has 1 fully saturated rings. The Hall–Kier alpha value is -4.88. The highest BCUT2D eigenvalue weighted by atomic mass is 35.5. The Balaban J connectivity index is 1.53. The van der Waals surface area contributed by atoms with Crippen LogP contribution in [0.15, 0.2) is 91.0 Å². The van der Waals surface area contributed by atoms with E-state index in [0.717, 1.165) is 26.8 Å². The van der Waals surface area contributed by atoms with Crippen LogP contribution in [0.1, 0.15) is 29.2 Å². The standard InChI is InChI=1S/C34H29ClN2O5/c1-4-9-24-16-22(17-28-32(38)36-34(40)37(33(28)39)29-19-26(35)15-14-21(29)3)18-30(41-5-2)31(24)42-20-25-12-8-11-23-10-6-7-13-27(23)25/h4,6-8,10-19H,1,5,9,20H2,2-3H3,(H,36,38,40)/b28-17+. The summed E-state index contributed by atoms with van der Waals surface area (Å²) in [6.07, 6.45) is 3.64. The van der Waals surface area contributed by atoms with Crippen LogP contribution in [0.3, 0.4) is 0 Å². The van der Waals surface area contributed by atoms with Gasteiger partial charge in [-0.2, -0.15) is 0 Å². The van der Waals surface area contributed by atoms with E-state index in [1.54, 1.807) is 31.2 Å². The number of nitrogens with one attached hydrogen (secondary N) is 1. The summed E-state index contributed by atoms with van der Waals surface area (Å²) in [5.74, 6) is -0.530. The molecule has 1 aliphatic rings. The third-order valence-electron chi connectivity index (χ3n) is 6.89. The van der Waals surface area contributed by atoms with Crippen LogP contribution in [0.25, 0.3) is 16.8 Å². The van der Waals surface area contributed by atoms with Gasteiger partial charge in [0.1, 0.15) is 12.2 Å². The van der Waals surface area contributed by atoms with E-state index >= 15 is 0 Å². The lowest BCUT2D eigenvalue weighted by molar-refractivity contribution is -0.122. The first-order valence-electron chi connectivity index (χ1n) is 13.5. The highest BCUT2D eigenvalue weighted by Gasteiger charge is 2.37. The summed E-state index contributed by atoms with van der Waals surface area (Å²) < 4.78 is 12.3. The van der Waals surface area contributed by atoms with E-state index < -0.39 is 17.8 Å². The quantitative estimate of drug-likeness (QED) is 0.129. The minimum absolute atomic E-state index is 0.203. The van der Waals surface area contributed by atoms with Crippen molar-refractivity contribution in [3.63, 3.8) is 0 Å². The number of aryl methyl sites for hydroxylation is 1. The fourth-order valence-corrected chi connectivity index (χ4v) is 5.10. The molecule has 1 saturated heterocycles. The molecule has 0 spiro atoms. The van der Waals surface area contributed by atoms with Crippen LogP contribution < -0.4 is 19.7 Å². The van der Waals surface area contributed by atoms with Gasteiger partial charge in [-0.3, -0.25) is 14.9 Å². The molecule has 212 valence electrons. The number of barbiturate groups is 1. The van der Waals surface area contributed by atoms with Crippen LogP contribution in [-0.2, 0) is 22.6 Å². The molecule has 0 radical (unpaired) electrons. The zero-order chi connectivity index (χ0) is 29.8. The summed E-state index contributed by atoms with van der Waals surface area (Å²) in [4.78, 5) is 40.0. The van der Waals surface area contributed by atoms with Gasteiger partial charge < -0.3 is 9.47 Å². The van der Waals surface area contributed by atoms with Crippen LogP contribution >= 0.6 is 11.6 Å². The maximum absolute atomic E-state index is 13.5. The predicted molar refractivity (Wildman–Crippen MR) is 165 cm³/mol. The number of benzene rings is 4. The summed E-state index contributed by atoms with van der Waals surface area (Å²) in [5.41, 5.74) is 3.06. The molecule has 7 nitrogen and oxygen atoms in total. The summed E-state index contributed by atoms with van der Waals surface area (Å²) >= 11 is 6.14. The van der Waals surface area contributed by atoms with Crippen LogP contribution in [0.5, 0.6) is 11.5 Å². The summed E-state index contributed by atoms with van der Waals surface area (Å²) in [6, 6.07) is 21.8. The molecule has 5 rings (SSSR count). The van der Waals surface area contributed by atoms with Crippen LogP contribution in [0.4, 0.5) is 10.5 Å². The molecule has 0 atom stereocenters. The molecule has 0 saturated carbocycles. The van der Waals surface area contributed by atoms with Crippen LogP contribution in [-0.4, -0.2) is 24.5 Å². The van der Waals surface area contributed by atoms with E-state index in [9.17, 15) is 14.4 Å². The lowest BCUT2D eigenvalue weighted by Crippen LogP contribution is -2.54. The Morgan fingerprint density at radius 3 is 2.52 bits per heavy atom. The van der Waals surface area contributed by atoms with Crippen LogP contribution in [0.2, 0.25) is 5.02 Å². The van der Waals surface area contributed by atoms with E-state index in [1.165, 1.54) is 12.1 Å². The first kappa shape index (κ1) is 28.6. The van der Waals surface area contributed by atoms with Crippen molar-refractivity contribution < 1.29 is 23.9 Å². The summed E-state index contributed by atoms with van der Waals surface area (Å²) in [5, 5.41) is 4.83. The second-order valence-electron chi connectivity index (χ2n) is 9.75. The Bertz CT molecular complexity index is 1760. The van der Waals surface area contributed by atoms with E-state index in [0.29, 0.717) is 53.0 Å². The Morgan fingerprint density at radius 1 is 0.952 bits per heavy atom. The number of fused-ring (bicyclic) bond motifs is 1. The Morgan fingerprint density at radius 2 is 1.74 bits per heavy atom. The summed E-state index contributed by atoms with van der Waals surface area (Å²) in [7, 11) is 0. The van der Waals surface area contributed by atoms with Crippen molar-refractivity contribution in [1.29, 1.82) is 0 Å². The second-order valence-corrected chi connectivity index (χ2v) is 10.2. The fourth-order valence-electron chi connectivity index (χ4n) is 4.94. The largest absolute Gasteiger partial charge is 0.490 e. The van der Waals surface area contributed by atoms with Gasteiger partial charge in [-0.05, 0) is 78.1 Å². The molecular formula is C34H29ClN2O5. The second kappa shape index (κ2) is 12.3. The number of nitrogens with zero attached hydrogens (tertiary/aromatic N) is 1.